The van der Waals surface area contributed by atoms with Crippen molar-refractivity contribution >= 4 is 6.02 Å². The number of aliphatic imine (C=N–C) groups is 1. The van der Waals surface area contributed by atoms with E-state index in [-0.39, 0.29) is 12.1 Å². The van der Waals surface area contributed by atoms with Crippen molar-refractivity contribution in [2.24, 2.45) is 10.7 Å². The van der Waals surface area contributed by atoms with Crippen LogP contribution in [0.15, 0.2) is 29.4 Å². The Morgan fingerprint density at radius 2 is 2.38 bits per heavy atom. The Kier molecular flexibility index (Phi) is 2.12. The van der Waals surface area contributed by atoms with Gasteiger partial charge < -0.3 is 10.5 Å². The summed E-state index contributed by atoms with van der Waals surface area (Å²) >= 11 is 0. The number of amidine groups is 1. The highest BCUT2D eigenvalue weighted by Crippen LogP contribution is 2.21. The number of nitrogens with zero attached hydrogens (tertiary/aromatic N) is 2. The molecule has 13 heavy (non-hydrogen) atoms. The van der Waals surface area contributed by atoms with Crippen LogP contribution in [0, 0.1) is 0 Å². The number of ether oxygens (including phenoxy) is 1. The van der Waals surface area contributed by atoms with Crippen molar-refractivity contribution in [2.75, 3.05) is 6.61 Å². The number of nitrogens with two attached hydrogens (primary N) is 1. The lowest BCUT2D eigenvalue weighted by atomic mass is 10.1. The molecule has 1 aliphatic heterocycles. The SMILES string of the molecule is NC1=NC(c2ccccn2)CCO1. The number of hydrogen-bond acceptors (Lipinski definition) is 4. The van der Waals surface area contributed by atoms with Crippen molar-refractivity contribution in [3.63, 3.8) is 0 Å². The lowest BCUT2D eigenvalue weighted by molar-refractivity contribution is 0.255. The van der Waals surface area contributed by atoms with Gasteiger partial charge in [-0.25, -0.2) is 4.99 Å². The second kappa shape index (κ2) is 3.43. The van der Waals surface area contributed by atoms with Gasteiger partial charge in [-0.05, 0) is 12.1 Å². The third-order valence-electron chi connectivity index (χ3n) is 1.95. The zero-order valence-electron chi connectivity index (χ0n) is 7.18. The first-order valence-electron chi connectivity index (χ1n) is 4.23. The molecule has 1 unspecified atom stereocenters. The number of rotatable bonds is 1. The summed E-state index contributed by atoms with van der Waals surface area (Å²) in [6.45, 7) is 0.622. The Morgan fingerprint density at radius 1 is 1.46 bits per heavy atom. The van der Waals surface area contributed by atoms with Crippen LogP contribution in [0.3, 0.4) is 0 Å². The maximum absolute atomic E-state index is 5.46. The third kappa shape index (κ3) is 1.77. The minimum atomic E-state index is 0.0648. The molecule has 68 valence electrons. The first-order chi connectivity index (χ1) is 6.36. The van der Waals surface area contributed by atoms with Gasteiger partial charge >= 0.3 is 0 Å². The van der Waals surface area contributed by atoms with Crippen LogP contribution >= 0.6 is 0 Å². The molecule has 0 aromatic carbocycles. The molecule has 0 spiro atoms. The molecule has 0 aliphatic carbocycles. The molecule has 1 aromatic heterocycles. The van der Waals surface area contributed by atoms with Crippen molar-refractivity contribution < 1.29 is 4.74 Å². The fourth-order valence-corrected chi connectivity index (χ4v) is 1.32. The predicted octanol–water partition coefficient (Wildman–Crippen LogP) is 0.858. The van der Waals surface area contributed by atoms with Gasteiger partial charge in [0.25, 0.3) is 6.02 Å². The van der Waals surface area contributed by atoms with Crippen LogP contribution in [0.25, 0.3) is 0 Å². The number of aromatic nitrogens is 1. The summed E-state index contributed by atoms with van der Waals surface area (Å²) in [5.41, 5.74) is 6.42. The maximum Gasteiger partial charge on any atom is 0.282 e. The molecular formula is C9H11N3O. The highest BCUT2D eigenvalue weighted by atomic mass is 16.5. The maximum atomic E-state index is 5.46. The summed E-state index contributed by atoms with van der Waals surface area (Å²) in [5, 5.41) is 0. The van der Waals surface area contributed by atoms with E-state index in [0.29, 0.717) is 6.61 Å². The summed E-state index contributed by atoms with van der Waals surface area (Å²) in [6, 6.07) is 6.11. The highest BCUT2D eigenvalue weighted by Gasteiger charge is 2.16. The standard InChI is InChI=1S/C9H11N3O/c10-9-12-8(4-6-13-9)7-3-1-2-5-11-7/h1-3,5,8H,4,6H2,(H2,10,12). The van der Waals surface area contributed by atoms with E-state index in [0.717, 1.165) is 12.1 Å². The molecule has 0 saturated carbocycles. The van der Waals surface area contributed by atoms with Crippen molar-refractivity contribution in [2.45, 2.75) is 12.5 Å². The second-order valence-electron chi connectivity index (χ2n) is 2.87. The molecule has 1 atom stereocenters. The van der Waals surface area contributed by atoms with Crippen LogP contribution < -0.4 is 5.73 Å². The van der Waals surface area contributed by atoms with E-state index in [4.69, 9.17) is 10.5 Å². The van der Waals surface area contributed by atoms with Crippen molar-refractivity contribution in [3.8, 4) is 0 Å². The molecule has 0 bridgehead atoms. The minimum Gasteiger partial charge on any atom is -0.465 e. The summed E-state index contributed by atoms with van der Waals surface area (Å²) in [5.74, 6) is 0. The average molecular weight is 177 g/mol. The van der Waals surface area contributed by atoms with E-state index >= 15 is 0 Å². The lowest BCUT2D eigenvalue weighted by Gasteiger charge is -2.18. The molecule has 2 N–H and O–H groups in total. The Morgan fingerprint density at radius 3 is 3.08 bits per heavy atom. The fourth-order valence-electron chi connectivity index (χ4n) is 1.32. The van der Waals surface area contributed by atoms with E-state index in [2.05, 4.69) is 9.98 Å². The van der Waals surface area contributed by atoms with Gasteiger partial charge in [0.05, 0.1) is 12.3 Å². The summed E-state index contributed by atoms with van der Waals surface area (Å²) in [7, 11) is 0. The predicted molar refractivity (Wildman–Crippen MR) is 49.2 cm³/mol. The first kappa shape index (κ1) is 8.04. The van der Waals surface area contributed by atoms with Gasteiger partial charge in [0.15, 0.2) is 0 Å². The molecule has 1 aliphatic rings. The molecule has 0 radical (unpaired) electrons. The Hall–Kier alpha value is -1.58. The molecule has 0 saturated heterocycles. The quantitative estimate of drug-likeness (QED) is 0.692. The minimum absolute atomic E-state index is 0.0648. The molecule has 1 aromatic rings. The first-order valence-corrected chi connectivity index (χ1v) is 4.23. The topological polar surface area (TPSA) is 60.5 Å². The van der Waals surface area contributed by atoms with Gasteiger partial charge in [-0.15, -0.1) is 0 Å². The van der Waals surface area contributed by atoms with Gasteiger partial charge in [-0.3, -0.25) is 4.98 Å². The second-order valence-corrected chi connectivity index (χ2v) is 2.87. The van der Waals surface area contributed by atoms with E-state index in [1.807, 2.05) is 18.2 Å². The molecule has 2 heterocycles. The van der Waals surface area contributed by atoms with E-state index < -0.39 is 0 Å². The van der Waals surface area contributed by atoms with Gasteiger partial charge in [0.1, 0.15) is 6.04 Å². The third-order valence-corrected chi connectivity index (χ3v) is 1.95. The van der Waals surface area contributed by atoms with Crippen molar-refractivity contribution in [1.82, 2.24) is 4.98 Å². The molecule has 4 nitrogen and oxygen atoms in total. The zero-order valence-corrected chi connectivity index (χ0v) is 7.18. The van der Waals surface area contributed by atoms with Gasteiger partial charge in [0.2, 0.25) is 0 Å². The number of hydrogen-bond donors (Lipinski definition) is 1. The Bertz CT molecular complexity index is 310. The largest absolute Gasteiger partial charge is 0.465 e. The van der Waals surface area contributed by atoms with Gasteiger partial charge in [0, 0.05) is 12.6 Å². The molecule has 0 fully saturated rings. The average Bonchev–Trinajstić information content (AvgIpc) is 2.19. The monoisotopic (exact) mass is 177 g/mol. The molecule has 2 rings (SSSR count). The zero-order chi connectivity index (χ0) is 9.10. The van der Waals surface area contributed by atoms with E-state index in [1.54, 1.807) is 6.20 Å². The van der Waals surface area contributed by atoms with Crippen LogP contribution in [0.4, 0.5) is 0 Å². The molecule has 0 amide bonds. The van der Waals surface area contributed by atoms with Crippen LogP contribution in [0.5, 0.6) is 0 Å². The van der Waals surface area contributed by atoms with Gasteiger partial charge in [-0.2, -0.15) is 0 Å². The van der Waals surface area contributed by atoms with Crippen molar-refractivity contribution in [3.05, 3.63) is 30.1 Å². The van der Waals surface area contributed by atoms with Gasteiger partial charge in [-0.1, -0.05) is 6.07 Å². The summed E-state index contributed by atoms with van der Waals surface area (Å²) in [6.07, 6.45) is 2.61. The van der Waals surface area contributed by atoms with E-state index in [1.165, 1.54) is 0 Å². The van der Waals surface area contributed by atoms with Crippen LogP contribution in [-0.2, 0) is 4.74 Å². The molecular weight excluding hydrogens is 166 g/mol. The fraction of sp³-hybridized carbons (Fsp3) is 0.333. The normalized spacial score (nSPS) is 21.8. The lowest BCUT2D eigenvalue weighted by Crippen LogP contribution is -2.23. The van der Waals surface area contributed by atoms with Crippen LogP contribution in [-0.4, -0.2) is 17.6 Å². The Balaban J connectivity index is 2.22. The van der Waals surface area contributed by atoms with Crippen LogP contribution in [0.1, 0.15) is 18.2 Å². The van der Waals surface area contributed by atoms with Crippen LogP contribution in [0.2, 0.25) is 0 Å². The summed E-state index contributed by atoms with van der Waals surface area (Å²) < 4.78 is 5.03. The summed E-state index contributed by atoms with van der Waals surface area (Å²) in [4.78, 5) is 8.38. The number of pyridine rings is 1. The molecule has 4 heteroatoms. The smallest absolute Gasteiger partial charge is 0.282 e. The van der Waals surface area contributed by atoms with E-state index in [9.17, 15) is 0 Å². The van der Waals surface area contributed by atoms with Crippen molar-refractivity contribution in [1.29, 1.82) is 0 Å². The Labute approximate surface area is 76.5 Å². The highest BCUT2D eigenvalue weighted by molar-refractivity contribution is 5.72.